The van der Waals surface area contributed by atoms with Crippen LogP contribution in [0.25, 0.3) is 0 Å². The molecule has 0 fully saturated rings. The van der Waals surface area contributed by atoms with Crippen molar-refractivity contribution in [2.75, 3.05) is 32.6 Å². The summed E-state index contributed by atoms with van der Waals surface area (Å²) < 4.78 is 5.27. The van der Waals surface area contributed by atoms with Crippen LogP contribution in [-0.2, 0) is 14.3 Å². The third-order valence-electron chi connectivity index (χ3n) is 1.86. The highest BCUT2D eigenvalue weighted by atomic mass is 31.1. The molecular formula is C12H26NO3P. The maximum Gasteiger partial charge on any atom is 0.253 e. The van der Waals surface area contributed by atoms with E-state index in [1.807, 2.05) is 0 Å². The molecule has 102 valence electrons. The summed E-state index contributed by atoms with van der Waals surface area (Å²) in [6.45, 7) is 3.61. The maximum atomic E-state index is 11.1. The van der Waals surface area contributed by atoms with Crippen LogP contribution in [-0.4, -0.2) is 49.3 Å². The molecule has 0 aromatic carbocycles. The molecule has 0 aromatic rings. The minimum absolute atomic E-state index is 0. The lowest BCUT2D eigenvalue weighted by Crippen LogP contribution is -2.33. The first-order valence-corrected chi connectivity index (χ1v) is 6.22. The van der Waals surface area contributed by atoms with Gasteiger partial charge in [0.2, 0.25) is 0 Å². The molecule has 1 heterocycles. The van der Waals surface area contributed by atoms with E-state index in [4.69, 9.17) is 4.74 Å². The van der Waals surface area contributed by atoms with Crippen molar-refractivity contribution in [1.82, 2.24) is 4.90 Å². The van der Waals surface area contributed by atoms with Crippen molar-refractivity contribution >= 4 is 20.4 Å². The fourth-order valence-electron chi connectivity index (χ4n) is 1.08. The fourth-order valence-corrected chi connectivity index (χ4v) is 1.43. The lowest BCUT2D eigenvalue weighted by molar-refractivity contribution is -0.137. The standard InChI is InChI=1S/C9H14NO3P.3CH4/c1-14-7-6-13-5-4-10-8(11)2-3-9(10)12;;;/h2-3,14H,4-7H2,1H3;3*1H4. The number of amides is 2. The second kappa shape index (κ2) is 11.7. The Hall–Kier alpha value is -0.730. The van der Waals surface area contributed by atoms with Crippen LogP contribution in [0.5, 0.6) is 0 Å². The molecule has 4 nitrogen and oxygen atoms in total. The molecule has 0 saturated carbocycles. The zero-order valence-corrected chi connectivity index (χ0v) is 9.16. The van der Waals surface area contributed by atoms with Gasteiger partial charge in [0, 0.05) is 12.2 Å². The van der Waals surface area contributed by atoms with Crippen LogP contribution in [0.15, 0.2) is 12.2 Å². The molecule has 0 N–H and O–H groups in total. The Bertz CT molecular complexity index is 236. The Morgan fingerprint density at radius 2 is 1.65 bits per heavy atom. The first-order valence-electron chi connectivity index (χ1n) is 4.51. The van der Waals surface area contributed by atoms with Gasteiger partial charge in [0.15, 0.2) is 0 Å². The van der Waals surface area contributed by atoms with Gasteiger partial charge < -0.3 is 4.74 Å². The smallest absolute Gasteiger partial charge is 0.253 e. The van der Waals surface area contributed by atoms with E-state index in [0.717, 1.165) is 14.7 Å². The normalized spacial score (nSPS) is 13.6. The summed E-state index contributed by atoms with van der Waals surface area (Å²) in [6.07, 6.45) is 3.62. The molecule has 5 heteroatoms. The summed E-state index contributed by atoms with van der Waals surface area (Å²) in [6, 6.07) is 0. The van der Waals surface area contributed by atoms with Gasteiger partial charge in [-0.25, -0.2) is 0 Å². The highest BCUT2D eigenvalue weighted by Crippen LogP contribution is 2.03. The lowest BCUT2D eigenvalue weighted by atomic mass is 10.5. The maximum absolute atomic E-state index is 11.1. The summed E-state index contributed by atoms with van der Waals surface area (Å²) in [5.41, 5.74) is 0. The zero-order valence-electron chi connectivity index (χ0n) is 8.16. The van der Waals surface area contributed by atoms with Gasteiger partial charge in [-0.3, -0.25) is 14.5 Å². The van der Waals surface area contributed by atoms with E-state index in [1.165, 1.54) is 17.1 Å². The lowest BCUT2D eigenvalue weighted by Gasteiger charge is -2.13. The van der Waals surface area contributed by atoms with Crippen LogP contribution < -0.4 is 0 Å². The van der Waals surface area contributed by atoms with Crippen LogP contribution in [0, 0.1) is 0 Å². The summed E-state index contributed by atoms with van der Waals surface area (Å²) in [5, 5.41) is 0. The van der Waals surface area contributed by atoms with E-state index >= 15 is 0 Å². The summed E-state index contributed by atoms with van der Waals surface area (Å²) >= 11 is 0. The van der Waals surface area contributed by atoms with Crippen LogP contribution in [0.3, 0.4) is 0 Å². The van der Waals surface area contributed by atoms with E-state index in [1.54, 1.807) is 0 Å². The molecule has 1 unspecified atom stereocenters. The molecule has 0 bridgehead atoms. The zero-order chi connectivity index (χ0) is 10.4. The van der Waals surface area contributed by atoms with Crippen LogP contribution in [0.4, 0.5) is 0 Å². The van der Waals surface area contributed by atoms with Crippen molar-refractivity contribution < 1.29 is 14.3 Å². The largest absolute Gasteiger partial charge is 0.379 e. The van der Waals surface area contributed by atoms with E-state index in [-0.39, 0.29) is 34.1 Å². The Kier molecular flexibility index (Phi) is 14.9. The van der Waals surface area contributed by atoms with Gasteiger partial charge in [0.05, 0.1) is 19.8 Å². The van der Waals surface area contributed by atoms with E-state index in [9.17, 15) is 9.59 Å². The second-order valence-corrected chi connectivity index (χ2v) is 4.08. The summed E-state index contributed by atoms with van der Waals surface area (Å²) in [7, 11) is 0.882. The third kappa shape index (κ3) is 7.24. The van der Waals surface area contributed by atoms with Crippen molar-refractivity contribution in [1.29, 1.82) is 0 Å². The molecule has 1 rings (SSSR count). The molecule has 0 radical (unpaired) electrons. The number of rotatable bonds is 6. The van der Waals surface area contributed by atoms with Gasteiger partial charge >= 0.3 is 0 Å². The summed E-state index contributed by atoms with van der Waals surface area (Å²) in [5.74, 6) is -0.480. The van der Waals surface area contributed by atoms with E-state index in [0.29, 0.717) is 19.8 Å². The number of carbonyl (C=O) groups excluding carboxylic acids is 2. The van der Waals surface area contributed by atoms with Gasteiger partial charge in [-0.05, 0) is 12.8 Å². The average molecular weight is 263 g/mol. The number of hydrogen-bond donors (Lipinski definition) is 0. The van der Waals surface area contributed by atoms with E-state index < -0.39 is 0 Å². The topological polar surface area (TPSA) is 46.6 Å². The molecule has 0 spiro atoms. The first kappa shape index (κ1) is 21.5. The van der Waals surface area contributed by atoms with Crippen molar-refractivity contribution in [3.63, 3.8) is 0 Å². The molecule has 2 amide bonds. The van der Waals surface area contributed by atoms with Gasteiger partial charge in [-0.1, -0.05) is 22.3 Å². The predicted octanol–water partition coefficient (Wildman–Crippen LogP) is 2.14. The van der Waals surface area contributed by atoms with Crippen molar-refractivity contribution in [3.8, 4) is 0 Å². The minimum Gasteiger partial charge on any atom is -0.379 e. The number of imide groups is 1. The molecule has 1 atom stereocenters. The van der Waals surface area contributed by atoms with Crippen molar-refractivity contribution in [2.45, 2.75) is 22.3 Å². The minimum atomic E-state index is -0.240. The number of ether oxygens (including phenoxy) is 1. The summed E-state index contributed by atoms with van der Waals surface area (Å²) in [4.78, 5) is 23.3. The SMILES string of the molecule is C.C.C.CPCCOCCN1C(=O)C=CC1=O. The van der Waals surface area contributed by atoms with Gasteiger partial charge in [0.25, 0.3) is 11.8 Å². The quantitative estimate of drug-likeness (QED) is 0.419. The molecule has 0 aromatic heterocycles. The Morgan fingerprint density at radius 1 is 1.12 bits per heavy atom. The second-order valence-electron chi connectivity index (χ2n) is 2.88. The van der Waals surface area contributed by atoms with Gasteiger partial charge in [-0.15, -0.1) is 8.58 Å². The molecule has 0 saturated heterocycles. The van der Waals surface area contributed by atoms with E-state index in [2.05, 4.69) is 6.66 Å². The van der Waals surface area contributed by atoms with Gasteiger partial charge in [0.1, 0.15) is 0 Å². The molecule has 1 aliphatic heterocycles. The Balaban J connectivity index is -0.000000653. The number of nitrogens with zero attached hydrogens (tertiary/aromatic N) is 1. The predicted molar refractivity (Wildman–Crippen MR) is 76.0 cm³/mol. The molecule has 0 aliphatic carbocycles. The van der Waals surface area contributed by atoms with Crippen molar-refractivity contribution in [2.24, 2.45) is 0 Å². The van der Waals surface area contributed by atoms with Crippen molar-refractivity contribution in [3.05, 3.63) is 12.2 Å². The molecule has 17 heavy (non-hydrogen) atoms. The molecule has 1 aliphatic rings. The first-order chi connectivity index (χ1) is 6.75. The highest BCUT2D eigenvalue weighted by molar-refractivity contribution is 7.37. The van der Waals surface area contributed by atoms with Crippen LogP contribution >= 0.6 is 8.58 Å². The highest BCUT2D eigenvalue weighted by Gasteiger charge is 2.22. The van der Waals surface area contributed by atoms with Gasteiger partial charge in [-0.2, -0.15) is 0 Å². The average Bonchev–Trinajstić information content (AvgIpc) is 2.48. The monoisotopic (exact) mass is 263 g/mol. The Labute approximate surface area is 107 Å². The third-order valence-corrected chi connectivity index (χ3v) is 2.56. The van der Waals surface area contributed by atoms with Crippen LogP contribution in [0.1, 0.15) is 22.3 Å². The number of carbonyl (C=O) groups is 2. The molecular weight excluding hydrogens is 237 g/mol. The fraction of sp³-hybridized carbons (Fsp3) is 0.667. The Morgan fingerprint density at radius 3 is 2.12 bits per heavy atom. The number of hydrogen-bond acceptors (Lipinski definition) is 3. The van der Waals surface area contributed by atoms with Crippen LogP contribution in [0.2, 0.25) is 0 Å².